The van der Waals surface area contributed by atoms with Crippen molar-refractivity contribution in [1.29, 1.82) is 0 Å². The van der Waals surface area contributed by atoms with Crippen molar-refractivity contribution in [2.45, 2.75) is 6.10 Å². The van der Waals surface area contributed by atoms with Crippen molar-refractivity contribution in [3.63, 3.8) is 0 Å². The van der Waals surface area contributed by atoms with Gasteiger partial charge in [-0.1, -0.05) is 6.07 Å². The molecule has 0 saturated carbocycles. The summed E-state index contributed by atoms with van der Waals surface area (Å²) in [6.45, 7) is 0. The summed E-state index contributed by atoms with van der Waals surface area (Å²) in [6.07, 6.45) is 4.98. The smallest absolute Gasteiger partial charge is 0.221 e. The highest BCUT2D eigenvalue weighted by Gasteiger charge is 2.18. The lowest BCUT2D eigenvalue weighted by molar-refractivity contribution is 0.240. The molecule has 2 heterocycles. The van der Waals surface area contributed by atoms with Gasteiger partial charge in [-0.05, 0) is 42.0 Å². The first-order chi connectivity index (χ1) is 8.74. The van der Waals surface area contributed by atoms with Crippen LogP contribution in [0.15, 0.2) is 42.6 Å². The van der Waals surface area contributed by atoms with Crippen LogP contribution in [0.2, 0.25) is 0 Å². The minimum Gasteiger partial charge on any atom is -0.505 e. The van der Waals surface area contributed by atoms with E-state index < -0.39 is 5.82 Å². The molecule has 0 fully saturated rings. The topological polar surface area (TPSA) is 42.4 Å². The lowest BCUT2D eigenvalue weighted by atomic mass is 10.1. The molecule has 1 aromatic heterocycles. The molecule has 18 heavy (non-hydrogen) atoms. The third-order valence-corrected chi connectivity index (χ3v) is 2.79. The molecule has 0 spiro atoms. The molecular formula is C14H10FNO2. The van der Waals surface area contributed by atoms with Gasteiger partial charge in [0.1, 0.15) is 6.10 Å². The molecule has 1 unspecified atom stereocenters. The Hall–Kier alpha value is -2.36. The first-order valence-electron chi connectivity index (χ1n) is 5.52. The molecule has 0 radical (unpaired) electrons. The fraction of sp³-hybridized carbons (Fsp3) is 0.0714. The lowest BCUT2D eigenvalue weighted by Gasteiger charge is -2.20. The summed E-state index contributed by atoms with van der Waals surface area (Å²) < 4.78 is 19.0. The summed E-state index contributed by atoms with van der Waals surface area (Å²) in [7, 11) is 0. The zero-order valence-corrected chi connectivity index (χ0v) is 9.38. The molecule has 1 aromatic carbocycles. The highest BCUT2D eigenvalue weighted by Crippen LogP contribution is 2.31. The molecule has 0 amide bonds. The maximum atomic E-state index is 13.3. The van der Waals surface area contributed by atoms with Crippen molar-refractivity contribution in [2.24, 2.45) is 0 Å². The number of ether oxygens (including phenoxy) is 1. The maximum absolute atomic E-state index is 13.3. The highest BCUT2D eigenvalue weighted by atomic mass is 19.1. The van der Waals surface area contributed by atoms with Crippen LogP contribution in [0.1, 0.15) is 17.2 Å². The van der Waals surface area contributed by atoms with E-state index in [4.69, 9.17) is 9.84 Å². The number of halogens is 1. The standard InChI is InChI=1S/C14H10FNO2/c15-11-8-10(3-5-12(11)17)13-6-4-9-2-1-7-16-14(9)18-13/h1-8,13,17H. The predicted molar refractivity (Wildman–Crippen MR) is 64.7 cm³/mol. The quantitative estimate of drug-likeness (QED) is 0.836. The fourth-order valence-electron chi connectivity index (χ4n) is 1.86. The number of rotatable bonds is 1. The number of pyridine rings is 1. The predicted octanol–water partition coefficient (Wildman–Crippen LogP) is 3.07. The second-order valence-corrected chi connectivity index (χ2v) is 4.01. The number of aromatic hydroxyl groups is 1. The fourth-order valence-corrected chi connectivity index (χ4v) is 1.86. The molecule has 3 rings (SSSR count). The van der Waals surface area contributed by atoms with Gasteiger partial charge < -0.3 is 9.84 Å². The number of nitrogens with zero attached hydrogens (tertiary/aromatic N) is 1. The molecular weight excluding hydrogens is 233 g/mol. The molecule has 0 saturated heterocycles. The second-order valence-electron chi connectivity index (χ2n) is 4.01. The number of hydrogen-bond acceptors (Lipinski definition) is 3. The van der Waals surface area contributed by atoms with Gasteiger partial charge in [-0.2, -0.15) is 0 Å². The summed E-state index contributed by atoms with van der Waals surface area (Å²) in [4.78, 5) is 4.12. The molecule has 2 aromatic rings. The van der Waals surface area contributed by atoms with Gasteiger partial charge in [-0.15, -0.1) is 0 Å². The normalized spacial score (nSPS) is 17.1. The summed E-state index contributed by atoms with van der Waals surface area (Å²) in [5, 5.41) is 9.15. The largest absolute Gasteiger partial charge is 0.505 e. The molecule has 1 aliphatic rings. The Labute approximate surface area is 103 Å². The van der Waals surface area contributed by atoms with Gasteiger partial charge in [0.2, 0.25) is 5.88 Å². The van der Waals surface area contributed by atoms with Crippen LogP contribution in [0.25, 0.3) is 6.08 Å². The molecule has 4 heteroatoms. The van der Waals surface area contributed by atoms with Crippen LogP contribution in [0.3, 0.4) is 0 Å². The molecule has 0 bridgehead atoms. The number of phenolic OH excluding ortho intramolecular Hbond substituents is 1. The summed E-state index contributed by atoms with van der Waals surface area (Å²) in [6, 6.07) is 7.93. The summed E-state index contributed by atoms with van der Waals surface area (Å²) >= 11 is 0. The van der Waals surface area contributed by atoms with Gasteiger partial charge in [0, 0.05) is 11.8 Å². The average Bonchev–Trinajstić information content (AvgIpc) is 2.41. The molecule has 1 aliphatic heterocycles. The van der Waals surface area contributed by atoms with E-state index in [-0.39, 0.29) is 11.9 Å². The number of benzene rings is 1. The monoisotopic (exact) mass is 243 g/mol. The third-order valence-electron chi connectivity index (χ3n) is 2.79. The Bertz CT molecular complexity index is 625. The SMILES string of the molecule is Oc1ccc(C2C=Cc3cccnc3O2)cc1F. The Morgan fingerprint density at radius 1 is 1.28 bits per heavy atom. The number of aromatic nitrogens is 1. The van der Waals surface area contributed by atoms with Crippen molar-refractivity contribution in [3.8, 4) is 11.6 Å². The molecule has 90 valence electrons. The summed E-state index contributed by atoms with van der Waals surface area (Å²) in [5.41, 5.74) is 1.53. The van der Waals surface area contributed by atoms with Crippen LogP contribution < -0.4 is 4.74 Å². The summed E-state index contributed by atoms with van der Waals surface area (Å²) in [5.74, 6) is -0.494. The molecule has 3 nitrogen and oxygen atoms in total. The van der Waals surface area contributed by atoms with Crippen molar-refractivity contribution in [2.75, 3.05) is 0 Å². The first kappa shape index (κ1) is 10.8. The Balaban J connectivity index is 1.94. The van der Waals surface area contributed by atoms with Crippen LogP contribution in [-0.4, -0.2) is 10.1 Å². The van der Waals surface area contributed by atoms with Gasteiger partial charge in [-0.25, -0.2) is 9.37 Å². The van der Waals surface area contributed by atoms with Crippen molar-refractivity contribution in [1.82, 2.24) is 4.98 Å². The van der Waals surface area contributed by atoms with Crippen molar-refractivity contribution >= 4 is 6.08 Å². The van der Waals surface area contributed by atoms with Gasteiger partial charge in [0.25, 0.3) is 0 Å². The van der Waals surface area contributed by atoms with E-state index >= 15 is 0 Å². The van der Waals surface area contributed by atoms with E-state index in [0.29, 0.717) is 11.4 Å². The third kappa shape index (κ3) is 1.82. The van der Waals surface area contributed by atoms with Crippen LogP contribution in [-0.2, 0) is 0 Å². The van der Waals surface area contributed by atoms with Crippen molar-refractivity contribution in [3.05, 3.63) is 59.5 Å². The molecule has 0 aliphatic carbocycles. The van der Waals surface area contributed by atoms with Gasteiger partial charge >= 0.3 is 0 Å². The van der Waals surface area contributed by atoms with Crippen LogP contribution >= 0.6 is 0 Å². The van der Waals surface area contributed by atoms with E-state index in [1.54, 1.807) is 12.3 Å². The van der Waals surface area contributed by atoms with Gasteiger partial charge in [-0.3, -0.25) is 0 Å². The lowest BCUT2D eigenvalue weighted by Crippen LogP contribution is -2.10. The van der Waals surface area contributed by atoms with Crippen LogP contribution in [0.5, 0.6) is 11.6 Å². The van der Waals surface area contributed by atoms with Crippen LogP contribution in [0.4, 0.5) is 4.39 Å². The molecule has 1 atom stereocenters. The number of hydrogen-bond donors (Lipinski definition) is 1. The minimum absolute atomic E-state index is 0.364. The second kappa shape index (κ2) is 4.14. The Morgan fingerprint density at radius 2 is 2.17 bits per heavy atom. The van der Waals surface area contributed by atoms with Crippen LogP contribution in [0, 0.1) is 5.82 Å². The van der Waals surface area contributed by atoms with E-state index in [9.17, 15) is 4.39 Å². The maximum Gasteiger partial charge on any atom is 0.221 e. The minimum atomic E-state index is -0.656. The highest BCUT2D eigenvalue weighted by molar-refractivity contribution is 5.58. The van der Waals surface area contributed by atoms with Gasteiger partial charge in [0.15, 0.2) is 11.6 Å². The van der Waals surface area contributed by atoms with E-state index in [2.05, 4.69) is 4.98 Å². The van der Waals surface area contributed by atoms with E-state index in [1.165, 1.54) is 12.1 Å². The average molecular weight is 243 g/mol. The Kier molecular flexibility index (Phi) is 2.48. The van der Waals surface area contributed by atoms with E-state index in [1.807, 2.05) is 24.3 Å². The zero-order valence-electron chi connectivity index (χ0n) is 9.38. The Morgan fingerprint density at radius 3 is 3.00 bits per heavy atom. The zero-order chi connectivity index (χ0) is 12.5. The first-order valence-corrected chi connectivity index (χ1v) is 5.52. The van der Waals surface area contributed by atoms with Crippen molar-refractivity contribution < 1.29 is 14.2 Å². The van der Waals surface area contributed by atoms with Gasteiger partial charge in [0.05, 0.1) is 0 Å². The van der Waals surface area contributed by atoms with E-state index in [0.717, 1.165) is 5.56 Å². The molecule has 1 N–H and O–H groups in total. The number of fused-ring (bicyclic) bond motifs is 1. The number of phenols is 1.